The smallest absolute Gasteiger partial charge is 0.370 e. The number of hydrogen-bond donors (Lipinski definition) is 0. The molecule has 0 bridgehead atoms. The van der Waals surface area contributed by atoms with Gasteiger partial charge in [-0.15, -0.1) is 0 Å². The summed E-state index contributed by atoms with van der Waals surface area (Å²) >= 11 is 0. The van der Waals surface area contributed by atoms with Gasteiger partial charge in [0.2, 0.25) is 12.7 Å². The van der Waals surface area contributed by atoms with Crippen LogP contribution in [0.5, 0.6) is 0 Å². The van der Waals surface area contributed by atoms with Gasteiger partial charge in [-0.3, -0.25) is 10.1 Å². The fraction of sp³-hybridized carbons (Fsp3) is 0.306. The molecule has 0 unspecified atom stereocenters. The van der Waals surface area contributed by atoms with Crippen LogP contribution in [0.1, 0.15) is 50.9 Å². The summed E-state index contributed by atoms with van der Waals surface area (Å²) in [6, 6.07) is 11.0. The van der Waals surface area contributed by atoms with Crippen molar-refractivity contribution in [2.75, 3.05) is 0 Å². The van der Waals surface area contributed by atoms with E-state index in [1.807, 2.05) is 18.2 Å². The van der Waals surface area contributed by atoms with E-state index in [1.54, 1.807) is 54.9 Å². The van der Waals surface area contributed by atoms with Crippen LogP contribution >= 0.6 is 0 Å². The summed E-state index contributed by atoms with van der Waals surface area (Å²) in [6.45, 7) is 8.24. The normalized spacial score (nSPS) is 12.0. The Hall–Kier alpha value is -5.04. The van der Waals surface area contributed by atoms with Crippen LogP contribution in [-0.4, -0.2) is 24.2 Å². The van der Waals surface area contributed by atoms with E-state index in [4.69, 9.17) is 0 Å². The molecule has 0 aliphatic carbocycles. The maximum absolute atomic E-state index is 13.1. The van der Waals surface area contributed by atoms with Gasteiger partial charge < -0.3 is 28.4 Å². The number of alkyl halides is 12. The second kappa shape index (κ2) is 17.2. The van der Waals surface area contributed by atoms with Crippen molar-refractivity contribution in [3.8, 4) is 22.9 Å². The number of nitrogens with zero attached hydrogens (tertiary/aromatic N) is 8. The third-order valence-electron chi connectivity index (χ3n) is 8.23. The Labute approximate surface area is 331 Å². The van der Waals surface area contributed by atoms with E-state index in [0.29, 0.717) is 46.6 Å². The Morgan fingerprint density at radius 1 is 0.632 bits per heavy atom. The number of imidazole rings is 2. The van der Waals surface area contributed by atoms with Crippen molar-refractivity contribution in [1.82, 2.24) is 29.3 Å². The summed E-state index contributed by atoms with van der Waals surface area (Å²) in [7, 11) is 3.16. The van der Waals surface area contributed by atoms with Gasteiger partial charge in [-0.05, 0) is 52.6 Å². The molecule has 0 spiro atoms. The molecule has 2 aromatic carbocycles. The maximum atomic E-state index is 13.1. The molecular formula is C36H29F12IrN8-3. The molecule has 4 aromatic heterocycles. The predicted octanol–water partition coefficient (Wildman–Crippen LogP) is 7.91. The molecule has 57 heavy (non-hydrogen) atoms. The fourth-order valence-corrected chi connectivity index (χ4v) is 4.87. The van der Waals surface area contributed by atoms with E-state index in [2.05, 4.69) is 45.0 Å². The van der Waals surface area contributed by atoms with Crippen LogP contribution in [0, 0.1) is 59.4 Å². The molecule has 0 saturated carbocycles. The van der Waals surface area contributed by atoms with Crippen LogP contribution in [-0.2, 0) is 58.9 Å². The molecule has 6 aromatic rings. The van der Waals surface area contributed by atoms with Crippen molar-refractivity contribution in [3.05, 3.63) is 124 Å². The van der Waals surface area contributed by atoms with Crippen molar-refractivity contribution in [2.45, 2.75) is 59.3 Å². The minimum atomic E-state index is -4.94. The number of benzene rings is 2. The van der Waals surface area contributed by atoms with E-state index < -0.39 is 58.3 Å². The molecular weight excluding hydrogens is 965 g/mol. The minimum Gasteiger partial charge on any atom is -0.421 e. The minimum absolute atomic E-state index is 0. The topological polar surface area (TPSA) is 70.4 Å². The van der Waals surface area contributed by atoms with Crippen LogP contribution in [0.4, 0.5) is 52.7 Å². The van der Waals surface area contributed by atoms with Gasteiger partial charge in [0, 0.05) is 54.9 Å². The van der Waals surface area contributed by atoms with E-state index in [1.165, 1.54) is 9.13 Å². The van der Waals surface area contributed by atoms with Crippen LogP contribution in [0.2, 0.25) is 0 Å². The average Bonchev–Trinajstić information content (AvgIpc) is 3.74. The van der Waals surface area contributed by atoms with Gasteiger partial charge in [0.05, 0.1) is 19.8 Å². The van der Waals surface area contributed by atoms with E-state index in [-0.39, 0.29) is 32.2 Å². The van der Waals surface area contributed by atoms with Gasteiger partial charge >= 0.3 is 24.7 Å². The molecule has 6 rings (SSSR count). The molecule has 0 aliphatic heterocycles. The summed E-state index contributed by atoms with van der Waals surface area (Å²) in [5.41, 5.74) is -3.71. The first-order valence-corrected chi connectivity index (χ1v) is 15.8. The van der Waals surface area contributed by atoms with Crippen LogP contribution in [0.25, 0.3) is 22.9 Å². The number of aromatic nitrogens is 8. The zero-order valence-corrected chi connectivity index (χ0v) is 33.0. The van der Waals surface area contributed by atoms with Gasteiger partial charge in [-0.25, -0.2) is 0 Å². The number of aryl methyl sites for hydroxylation is 3. The number of halogens is 12. The second-order valence-corrected chi connectivity index (χ2v) is 12.0. The summed E-state index contributed by atoms with van der Waals surface area (Å²) in [5.74, 6) is 1.27. The van der Waals surface area contributed by atoms with Crippen molar-refractivity contribution in [2.24, 2.45) is 14.1 Å². The monoisotopic (exact) mass is 994 g/mol. The van der Waals surface area contributed by atoms with Crippen molar-refractivity contribution in [3.63, 3.8) is 0 Å². The largest absolute Gasteiger partial charge is 0.421 e. The fourth-order valence-electron chi connectivity index (χ4n) is 4.87. The summed E-state index contributed by atoms with van der Waals surface area (Å²) in [6.07, 6.45) is -12.7. The third kappa shape index (κ3) is 10.9. The second-order valence-electron chi connectivity index (χ2n) is 12.0. The molecule has 0 saturated heterocycles. The molecule has 0 aliphatic rings. The first-order valence-electron chi connectivity index (χ1n) is 15.8. The Balaban J connectivity index is 0.000000236. The molecule has 309 valence electrons. The SMILES string of the molecule is Cc1c(C)[n+](C)[c-]n1-c1[c-]cc(C(F)(F)F)cc1C(F)(F)F.Cc1c(C)[n+](C)[c-]n1-c1[c-]cc(C(F)(F)F)cc1C(F)(F)F.Cc1n[n-]c(-c2ccccn2)n1.[Ir]. The third-order valence-corrected chi connectivity index (χ3v) is 8.23. The molecule has 4 heterocycles. The quantitative estimate of drug-likeness (QED) is 0.103. The van der Waals surface area contributed by atoms with Gasteiger partial charge in [0.15, 0.2) is 0 Å². The van der Waals surface area contributed by atoms with Gasteiger partial charge in [0.1, 0.15) is 0 Å². The van der Waals surface area contributed by atoms with Crippen LogP contribution in [0.15, 0.2) is 48.7 Å². The molecule has 0 atom stereocenters. The Morgan fingerprint density at radius 2 is 1.05 bits per heavy atom. The maximum Gasteiger partial charge on any atom is 0.370 e. The summed E-state index contributed by atoms with van der Waals surface area (Å²) in [5, 5.41) is 7.65. The zero-order valence-electron chi connectivity index (χ0n) is 30.6. The zero-order chi connectivity index (χ0) is 42.1. The van der Waals surface area contributed by atoms with Crippen molar-refractivity contribution in [1.29, 1.82) is 0 Å². The molecule has 8 nitrogen and oxygen atoms in total. The van der Waals surface area contributed by atoms with Crippen molar-refractivity contribution >= 4 is 0 Å². The number of hydrogen-bond acceptors (Lipinski definition) is 3. The number of rotatable bonds is 3. The molecule has 0 fully saturated rings. The van der Waals surface area contributed by atoms with Gasteiger partial charge in [-0.1, -0.05) is 39.7 Å². The number of pyridine rings is 1. The van der Waals surface area contributed by atoms with Gasteiger partial charge in [0.25, 0.3) is 0 Å². The van der Waals surface area contributed by atoms with Crippen LogP contribution in [0.3, 0.4) is 0 Å². The standard InChI is InChI=1S/2C14H11F6N2.C8H7N4.Ir/c2*1-8-9(2)22(7-21(8)3)12-5-4-10(13(15,16)17)6-11(12)14(18,19)20;1-6-10-8(12-11-6)7-4-2-3-5-9-7;/h2*4,6H,1-3H3;2-5H,1H3;/q3*-1;. The Kier molecular flexibility index (Phi) is 14.0. The van der Waals surface area contributed by atoms with E-state index >= 15 is 0 Å². The van der Waals surface area contributed by atoms with Crippen LogP contribution < -0.4 is 14.2 Å². The molecule has 21 heteroatoms. The van der Waals surface area contributed by atoms with E-state index in [0.717, 1.165) is 14.8 Å². The molecule has 1 radical (unpaired) electrons. The van der Waals surface area contributed by atoms with Crippen molar-refractivity contribution < 1.29 is 81.9 Å². The Bertz CT molecular complexity index is 2180. The predicted molar refractivity (Wildman–Crippen MR) is 172 cm³/mol. The van der Waals surface area contributed by atoms with E-state index in [9.17, 15) is 52.7 Å². The summed E-state index contributed by atoms with van der Waals surface area (Å²) in [4.78, 5) is 8.19. The molecule has 0 amide bonds. The summed E-state index contributed by atoms with van der Waals surface area (Å²) < 4.78 is 160. The van der Waals surface area contributed by atoms with Gasteiger partial charge in [-0.2, -0.15) is 89.1 Å². The first kappa shape index (κ1) is 46.3. The average molecular weight is 994 g/mol. The first-order chi connectivity index (χ1) is 25.7. The molecule has 0 N–H and O–H groups in total. The Morgan fingerprint density at radius 3 is 1.33 bits per heavy atom.